The van der Waals surface area contributed by atoms with Gasteiger partial charge in [-0.15, -0.1) is 0 Å². The van der Waals surface area contributed by atoms with Gasteiger partial charge in [-0.3, -0.25) is 19.5 Å². The van der Waals surface area contributed by atoms with Gasteiger partial charge in [0.15, 0.2) is 5.11 Å². The highest BCUT2D eigenvalue weighted by Gasteiger charge is 2.41. The molecule has 1 aromatic rings. The minimum atomic E-state index is -0.947. The molecule has 0 bridgehead atoms. The Morgan fingerprint density at radius 3 is 2.20 bits per heavy atom. The summed E-state index contributed by atoms with van der Waals surface area (Å²) in [5.74, 6) is -2.34. The van der Waals surface area contributed by atoms with E-state index in [4.69, 9.17) is 12.2 Å². The number of aromatic nitrogens is 2. The molecule has 8 heteroatoms. The lowest BCUT2D eigenvalue weighted by Gasteiger charge is -2.28. The molecule has 1 atom stereocenters. The Balaban J connectivity index is 2.43. The van der Waals surface area contributed by atoms with Crippen molar-refractivity contribution in [2.75, 3.05) is 0 Å². The maximum Gasteiger partial charge on any atom is 0.267 e. The number of amides is 2. The van der Waals surface area contributed by atoms with Gasteiger partial charge in [0, 0.05) is 17.2 Å². The maximum atomic E-state index is 12.1. The second-order valence-corrected chi connectivity index (χ2v) is 5.21. The smallest absolute Gasteiger partial charge is 0.267 e. The van der Waals surface area contributed by atoms with Gasteiger partial charge in [0.25, 0.3) is 5.56 Å². The number of hydrogen-bond donors (Lipinski definition) is 4. The first-order valence-corrected chi connectivity index (χ1v) is 6.79. The molecule has 2 rings (SSSR count). The lowest BCUT2D eigenvalue weighted by molar-refractivity contribution is -0.136. The van der Waals surface area contributed by atoms with E-state index >= 15 is 0 Å². The van der Waals surface area contributed by atoms with Gasteiger partial charge < -0.3 is 15.7 Å². The summed E-state index contributed by atoms with van der Waals surface area (Å²) in [6.45, 7) is 3.67. The summed E-state index contributed by atoms with van der Waals surface area (Å²) in [7, 11) is 0. The van der Waals surface area contributed by atoms with Crippen molar-refractivity contribution < 1.29 is 9.59 Å². The first-order chi connectivity index (χ1) is 9.45. The quantitative estimate of drug-likeness (QED) is 0.465. The van der Waals surface area contributed by atoms with Crippen LogP contribution < -0.4 is 16.2 Å². The molecule has 2 heterocycles. The van der Waals surface area contributed by atoms with Crippen molar-refractivity contribution in [3.8, 4) is 0 Å². The molecule has 4 N–H and O–H groups in total. The minimum absolute atomic E-state index is 0.00574. The van der Waals surface area contributed by atoms with Crippen molar-refractivity contribution in [1.82, 2.24) is 20.8 Å². The van der Waals surface area contributed by atoms with Crippen molar-refractivity contribution in [2.45, 2.75) is 32.6 Å². The predicted octanol–water partition coefficient (Wildman–Crippen LogP) is 0.0422. The highest BCUT2D eigenvalue weighted by Crippen LogP contribution is 2.30. The number of rotatable bonds is 4. The van der Waals surface area contributed by atoms with Gasteiger partial charge in [-0.1, -0.05) is 13.3 Å². The van der Waals surface area contributed by atoms with E-state index in [2.05, 4.69) is 20.8 Å². The molecule has 1 aromatic heterocycles. The van der Waals surface area contributed by atoms with E-state index in [-0.39, 0.29) is 10.7 Å². The molecule has 0 spiro atoms. The lowest BCUT2D eigenvalue weighted by Crippen LogP contribution is -2.57. The summed E-state index contributed by atoms with van der Waals surface area (Å²) >= 11 is 4.78. The van der Waals surface area contributed by atoms with Crippen molar-refractivity contribution in [2.24, 2.45) is 5.92 Å². The first kappa shape index (κ1) is 14.4. The molecule has 1 saturated heterocycles. The molecule has 108 valence electrons. The molecule has 0 radical (unpaired) electrons. The molecule has 7 nitrogen and oxygen atoms in total. The van der Waals surface area contributed by atoms with E-state index in [0.717, 1.165) is 6.42 Å². The first-order valence-electron chi connectivity index (χ1n) is 6.38. The number of hydrogen-bond acceptors (Lipinski definition) is 4. The zero-order valence-electron chi connectivity index (χ0n) is 11.2. The van der Waals surface area contributed by atoms with E-state index in [9.17, 15) is 14.4 Å². The zero-order valence-corrected chi connectivity index (χ0v) is 12.0. The normalized spacial score (nSPS) is 17.8. The fourth-order valence-corrected chi connectivity index (χ4v) is 2.79. The number of nitrogens with one attached hydrogen (secondary N) is 4. The standard InChI is InChI=1S/C12H16N4O3S/c1-3-4-6(7-5(2)15-16-11(7)19)8-9(17)13-12(20)14-10(8)18/h6,8H,3-4H2,1-2H3,(H2,15,16,19)(H2,13,14,17,18,20). The highest BCUT2D eigenvalue weighted by molar-refractivity contribution is 7.80. The van der Waals surface area contributed by atoms with Crippen molar-refractivity contribution >= 4 is 29.1 Å². The Kier molecular flexibility index (Phi) is 4.03. The van der Waals surface area contributed by atoms with Gasteiger partial charge in [0.1, 0.15) is 5.92 Å². The highest BCUT2D eigenvalue weighted by atomic mass is 32.1. The SMILES string of the molecule is CCCC(c1c(C)[nH][nH]c1=O)C1C(=O)NC(=S)NC1=O. The molecule has 0 aromatic carbocycles. The Hall–Kier alpha value is -1.96. The van der Waals surface area contributed by atoms with Crippen molar-refractivity contribution in [3.05, 3.63) is 21.6 Å². The van der Waals surface area contributed by atoms with Crippen LogP contribution in [0.4, 0.5) is 0 Å². The minimum Gasteiger partial charge on any atom is -0.302 e. The molecule has 0 saturated carbocycles. The second kappa shape index (κ2) is 5.58. The van der Waals surface area contributed by atoms with Gasteiger partial charge in [-0.25, -0.2) is 0 Å². The van der Waals surface area contributed by atoms with E-state index in [1.165, 1.54) is 0 Å². The monoisotopic (exact) mass is 296 g/mol. The number of aryl methyl sites for hydroxylation is 1. The number of aromatic amines is 2. The van der Waals surface area contributed by atoms with E-state index in [1.54, 1.807) is 6.92 Å². The molecule has 2 amide bonds. The molecule has 20 heavy (non-hydrogen) atoms. The van der Waals surface area contributed by atoms with Crippen LogP contribution in [0.1, 0.15) is 36.9 Å². The second-order valence-electron chi connectivity index (χ2n) is 4.80. The van der Waals surface area contributed by atoms with Crippen LogP contribution >= 0.6 is 12.2 Å². The van der Waals surface area contributed by atoms with E-state index < -0.39 is 23.7 Å². The largest absolute Gasteiger partial charge is 0.302 e. The molecular formula is C12H16N4O3S. The van der Waals surface area contributed by atoms with E-state index in [0.29, 0.717) is 17.7 Å². The van der Waals surface area contributed by atoms with Crippen LogP contribution in [0.15, 0.2) is 4.79 Å². The summed E-state index contributed by atoms with van der Waals surface area (Å²) in [6.07, 6.45) is 1.30. The summed E-state index contributed by atoms with van der Waals surface area (Å²) in [5, 5.41) is 10.1. The third-order valence-electron chi connectivity index (χ3n) is 3.42. The topological polar surface area (TPSA) is 107 Å². The van der Waals surface area contributed by atoms with Gasteiger partial charge >= 0.3 is 0 Å². The molecule has 0 aliphatic carbocycles. The summed E-state index contributed by atoms with van der Waals surface area (Å²) in [5.41, 5.74) is 0.798. The predicted molar refractivity (Wildman–Crippen MR) is 76.2 cm³/mol. The van der Waals surface area contributed by atoms with Crippen LogP contribution in [0.3, 0.4) is 0 Å². The van der Waals surface area contributed by atoms with Gasteiger partial charge in [-0.05, 0) is 25.6 Å². The number of thiocarbonyl (C=S) groups is 1. The molecule has 1 aliphatic rings. The molecular weight excluding hydrogens is 280 g/mol. The van der Waals surface area contributed by atoms with Crippen LogP contribution in [0.5, 0.6) is 0 Å². The summed E-state index contributed by atoms with van der Waals surface area (Å²) in [6, 6.07) is 0. The van der Waals surface area contributed by atoms with E-state index in [1.807, 2.05) is 6.92 Å². The van der Waals surface area contributed by atoms with Crippen LogP contribution in [-0.2, 0) is 9.59 Å². The zero-order chi connectivity index (χ0) is 14.9. The Morgan fingerprint density at radius 2 is 1.75 bits per heavy atom. The Bertz CT molecular complexity index is 598. The lowest BCUT2D eigenvalue weighted by atomic mass is 9.81. The Morgan fingerprint density at radius 1 is 1.15 bits per heavy atom. The van der Waals surface area contributed by atoms with Crippen LogP contribution in [0.25, 0.3) is 0 Å². The average molecular weight is 296 g/mol. The summed E-state index contributed by atoms with van der Waals surface area (Å²) in [4.78, 5) is 36.0. The fraction of sp³-hybridized carbons (Fsp3) is 0.500. The van der Waals surface area contributed by atoms with Crippen LogP contribution in [-0.4, -0.2) is 27.1 Å². The van der Waals surface area contributed by atoms with Crippen LogP contribution in [0.2, 0.25) is 0 Å². The molecule has 1 unspecified atom stereocenters. The van der Waals surface area contributed by atoms with Crippen molar-refractivity contribution in [1.29, 1.82) is 0 Å². The fourth-order valence-electron chi connectivity index (χ4n) is 2.59. The van der Waals surface area contributed by atoms with Gasteiger partial charge in [0.05, 0.1) is 0 Å². The third kappa shape index (κ3) is 2.51. The Labute approximate surface area is 120 Å². The average Bonchev–Trinajstić information content (AvgIpc) is 2.67. The number of carbonyl (C=O) groups excluding carboxylic acids is 2. The van der Waals surface area contributed by atoms with Gasteiger partial charge in [-0.2, -0.15) is 0 Å². The number of H-pyrrole nitrogens is 2. The third-order valence-corrected chi connectivity index (χ3v) is 3.63. The van der Waals surface area contributed by atoms with Crippen molar-refractivity contribution in [3.63, 3.8) is 0 Å². The molecule has 1 fully saturated rings. The summed E-state index contributed by atoms with van der Waals surface area (Å²) < 4.78 is 0. The molecule has 1 aliphatic heterocycles. The van der Waals surface area contributed by atoms with Gasteiger partial charge in [0.2, 0.25) is 11.8 Å². The van der Waals surface area contributed by atoms with Crippen LogP contribution in [0, 0.1) is 12.8 Å². The number of carbonyl (C=O) groups is 2. The maximum absolute atomic E-state index is 12.1.